The quantitative estimate of drug-likeness (QED) is 0.715. The first kappa shape index (κ1) is 14.1. The van der Waals surface area contributed by atoms with Gasteiger partial charge < -0.3 is 5.32 Å². The van der Waals surface area contributed by atoms with Crippen LogP contribution in [0.4, 0.5) is 0 Å². The van der Waals surface area contributed by atoms with Gasteiger partial charge in [-0.3, -0.25) is 0 Å². The molecule has 0 aliphatic heterocycles. The van der Waals surface area contributed by atoms with Crippen molar-refractivity contribution in [2.75, 3.05) is 13.1 Å². The molecule has 0 spiro atoms. The maximum Gasteiger partial charge on any atom is 0.00202 e. The normalized spacial score (nSPS) is 29.8. The van der Waals surface area contributed by atoms with E-state index >= 15 is 0 Å². The van der Waals surface area contributed by atoms with Gasteiger partial charge in [0.15, 0.2) is 0 Å². The minimum atomic E-state index is 0.715. The van der Waals surface area contributed by atoms with Crippen molar-refractivity contribution in [1.29, 1.82) is 0 Å². The van der Waals surface area contributed by atoms with E-state index in [0.717, 1.165) is 30.8 Å². The first-order valence-electron chi connectivity index (χ1n) is 8.62. The molecule has 1 nitrogen and oxygen atoms in total. The van der Waals surface area contributed by atoms with Crippen LogP contribution in [0.15, 0.2) is 30.3 Å². The van der Waals surface area contributed by atoms with E-state index in [1.54, 1.807) is 5.56 Å². The number of benzene rings is 1. The predicted molar refractivity (Wildman–Crippen MR) is 85.9 cm³/mol. The van der Waals surface area contributed by atoms with E-state index in [-0.39, 0.29) is 0 Å². The van der Waals surface area contributed by atoms with Crippen LogP contribution in [0, 0.1) is 17.8 Å². The lowest BCUT2D eigenvalue weighted by Gasteiger charge is -2.27. The fourth-order valence-corrected chi connectivity index (χ4v) is 4.55. The minimum absolute atomic E-state index is 0.715. The molecule has 2 bridgehead atoms. The molecule has 0 aromatic heterocycles. The highest BCUT2D eigenvalue weighted by Gasteiger charge is 2.40. The van der Waals surface area contributed by atoms with Crippen molar-refractivity contribution in [2.45, 2.75) is 51.4 Å². The monoisotopic (exact) mass is 271 g/mol. The Kier molecular flexibility index (Phi) is 4.77. The van der Waals surface area contributed by atoms with E-state index in [2.05, 4.69) is 42.6 Å². The Balaban J connectivity index is 1.62. The molecule has 3 rings (SSSR count). The van der Waals surface area contributed by atoms with Crippen LogP contribution >= 0.6 is 0 Å². The maximum absolute atomic E-state index is 3.65. The first-order chi connectivity index (χ1) is 9.86. The van der Waals surface area contributed by atoms with Crippen molar-refractivity contribution in [1.82, 2.24) is 5.32 Å². The summed E-state index contributed by atoms with van der Waals surface area (Å²) in [7, 11) is 0. The second-order valence-electron chi connectivity index (χ2n) is 6.98. The van der Waals surface area contributed by atoms with Gasteiger partial charge in [0, 0.05) is 6.54 Å². The van der Waals surface area contributed by atoms with Crippen molar-refractivity contribution in [3.8, 4) is 0 Å². The Morgan fingerprint density at radius 1 is 1.15 bits per heavy atom. The van der Waals surface area contributed by atoms with E-state index in [9.17, 15) is 0 Å². The summed E-state index contributed by atoms with van der Waals surface area (Å²) in [5, 5.41) is 3.65. The summed E-state index contributed by atoms with van der Waals surface area (Å²) in [4.78, 5) is 0. The fourth-order valence-electron chi connectivity index (χ4n) is 4.55. The minimum Gasteiger partial charge on any atom is -0.316 e. The summed E-state index contributed by atoms with van der Waals surface area (Å²) >= 11 is 0. The van der Waals surface area contributed by atoms with Gasteiger partial charge in [-0.05, 0) is 67.9 Å². The summed E-state index contributed by atoms with van der Waals surface area (Å²) in [5.41, 5.74) is 1.54. The highest BCUT2D eigenvalue weighted by atomic mass is 14.9. The summed E-state index contributed by atoms with van der Waals surface area (Å²) in [6.07, 6.45) is 8.72. The summed E-state index contributed by atoms with van der Waals surface area (Å²) in [5.74, 6) is 3.84. The van der Waals surface area contributed by atoms with Crippen molar-refractivity contribution in [2.24, 2.45) is 17.8 Å². The van der Waals surface area contributed by atoms with Gasteiger partial charge in [-0.1, -0.05) is 43.7 Å². The van der Waals surface area contributed by atoms with Gasteiger partial charge in [-0.2, -0.15) is 0 Å². The Morgan fingerprint density at radius 2 is 2.00 bits per heavy atom. The third-order valence-corrected chi connectivity index (χ3v) is 5.56. The molecule has 20 heavy (non-hydrogen) atoms. The molecule has 0 saturated heterocycles. The van der Waals surface area contributed by atoms with Crippen LogP contribution < -0.4 is 5.32 Å². The Labute approximate surface area is 124 Å². The zero-order valence-corrected chi connectivity index (χ0v) is 12.9. The Bertz CT molecular complexity index is 399. The van der Waals surface area contributed by atoms with Crippen LogP contribution in [0.1, 0.15) is 56.9 Å². The summed E-state index contributed by atoms with van der Waals surface area (Å²) in [6, 6.07) is 11.2. The molecule has 0 radical (unpaired) electrons. The maximum atomic E-state index is 3.65. The van der Waals surface area contributed by atoms with Gasteiger partial charge in [0.1, 0.15) is 0 Å². The Morgan fingerprint density at radius 3 is 2.65 bits per heavy atom. The molecular weight excluding hydrogens is 242 g/mol. The van der Waals surface area contributed by atoms with Crippen molar-refractivity contribution < 1.29 is 0 Å². The molecule has 2 aliphatic carbocycles. The average Bonchev–Trinajstić information content (AvgIpc) is 3.10. The molecule has 4 unspecified atom stereocenters. The van der Waals surface area contributed by atoms with E-state index in [1.165, 1.54) is 38.5 Å². The van der Waals surface area contributed by atoms with Crippen LogP contribution in [0.3, 0.4) is 0 Å². The molecule has 0 amide bonds. The third-order valence-electron chi connectivity index (χ3n) is 5.56. The fraction of sp³-hybridized carbons (Fsp3) is 0.684. The third kappa shape index (κ3) is 3.25. The van der Waals surface area contributed by atoms with Gasteiger partial charge in [-0.15, -0.1) is 0 Å². The SMILES string of the molecule is CCCNCC(CC1CC2CCC1C2)c1ccccc1. The second kappa shape index (κ2) is 6.76. The summed E-state index contributed by atoms with van der Waals surface area (Å²) < 4.78 is 0. The van der Waals surface area contributed by atoms with Crippen molar-refractivity contribution >= 4 is 0 Å². The van der Waals surface area contributed by atoms with Gasteiger partial charge in [0.2, 0.25) is 0 Å². The highest BCUT2D eigenvalue weighted by Crippen LogP contribution is 2.51. The predicted octanol–water partition coefficient (Wildman–Crippen LogP) is 4.60. The number of fused-ring (bicyclic) bond motifs is 2. The van der Waals surface area contributed by atoms with E-state index < -0.39 is 0 Å². The zero-order valence-electron chi connectivity index (χ0n) is 12.9. The van der Waals surface area contributed by atoms with Gasteiger partial charge >= 0.3 is 0 Å². The van der Waals surface area contributed by atoms with Crippen LogP contribution in [0.5, 0.6) is 0 Å². The summed E-state index contributed by atoms with van der Waals surface area (Å²) in [6.45, 7) is 4.56. The Hall–Kier alpha value is -0.820. The van der Waals surface area contributed by atoms with E-state index in [4.69, 9.17) is 0 Å². The van der Waals surface area contributed by atoms with Gasteiger partial charge in [0.05, 0.1) is 0 Å². The van der Waals surface area contributed by atoms with E-state index in [1.807, 2.05) is 0 Å². The van der Waals surface area contributed by atoms with Gasteiger partial charge in [-0.25, -0.2) is 0 Å². The van der Waals surface area contributed by atoms with Crippen LogP contribution in [-0.2, 0) is 0 Å². The molecule has 0 heterocycles. The molecule has 1 aromatic rings. The molecule has 2 fully saturated rings. The second-order valence-corrected chi connectivity index (χ2v) is 6.98. The van der Waals surface area contributed by atoms with Crippen LogP contribution in [0.25, 0.3) is 0 Å². The molecule has 1 aromatic carbocycles. The number of rotatable bonds is 7. The van der Waals surface area contributed by atoms with Crippen LogP contribution in [-0.4, -0.2) is 13.1 Å². The lowest BCUT2D eigenvalue weighted by atomic mass is 9.80. The molecular formula is C19H29N. The average molecular weight is 271 g/mol. The number of hydrogen-bond donors (Lipinski definition) is 1. The lowest BCUT2D eigenvalue weighted by molar-refractivity contribution is 0.291. The molecule has 110 valence electrons. The van der Waals surface area contributed by atoms with Gasteiger partial charge in [0.25, 0.3) is 0 Å². The topological polar surface area (TPSA) is 12.0 Å². The number of hydrogen-bond acceptors (Lipinski definition) is 1. The molecule has 1 N–H and O–H groups in total. The van der Waals surface area contributed by atoms with Crippen molar-refractivity contribution in [3.63, 3.8) is 0 Å². The zero-order chi connectivity index (χ0) is 13.8. The van der Waals surface area contributed by atoms with E-state index in [0.29, 0.717) is 5.92 Å². The largest absolute Gasteiger partial charge is 0.316 e. The van der Waals surface area contributed by atoms with Crippen LogP contribution in [0.2, 0.25) is 0 Å². The standard InChI is InChI=1S/C19H29N/c1-2-10-20-14-19(16-6-4-3-5-7-16)13-18-12-15-8-9-17(18)11-15/h3-7,15,17-20H,2,8-14H2,1H3. The molecule has 1 heteroatoms. The number of nitrogens with one attached hydrogen (secondary N) is 1. The lowest BCUT2D eigenvalue weighted by Crippen LogP contribution is -2.25. The smallest absolute Gasteiger partial charge is 0.00202 e. The molecule has 2 saturated carbocycles. The first-order valence-corrected chi connectivity index (χ1v) is 8.62. The highest BCUT2D eigenvalue weighted by molar-refractivity contribution is 5.20. The van der Waals surface area contributed by atoms with Crippen molar-refractivity contribution in [3.05, 3.63) is 35.9 Å². The molecule has 2 aliphatic rings. The molecule has 4 atom stereocenters.